The Hall–Kier alpha value is -2.77. The van der Waals surface area contributed by atoms with E-state index in [1.165, 1.54) is 29.8 Å². The Morgan fingerprint density at radius 1 is 1.03 bits per heavy atom. The van der Waals surface area contributed by atoms with Gasteiger partial charge in [-0.3, -0.25) is 4.79 Å². The van der Waals surface area contributed by atoms with Gasteiger partial charge in [0, 0.05) is 38.4 Å². The van der Waals surface area contributed by atoms with Crippen LogP contribution in [-0.2, 0) is 4.79 Å². The lowest BCUT2D eigenvalue weighted by molar-refractivity contribution is -0.127. The van der Waals surface area contributed by atoms with Crippen molar-refractivity contribution in [3.05, 3.63) is 71.3 Å². The summed E-state index contributed by atoms with van der Waals surface area (Å²) in [4.78, 5) is 16.8. The first-order valence-corrected chi connectivity index (χ1v) is 12.9. The Balaban J connectivity index is 1.22. The van der Waals surface area contributed by atoms with E-state index >= 15 is 0 Å². The average molecular weight is 499 g/mol. The highest BCUT2D eigenvalue weighted by atomic mass is 19.1. The third kappa shape index (κ3) is 6.92. The lowest BCUT2D eigenvalue weighted by Gasteiger charge is -2.39. The van der Waals surface area contributed by atoms with E-state index in [0.717, 1.165) is 57.1 Å². The molecular weight excluding hydrogens is 462 g/mol. The highest BCUT2D eigenvalue weighted by Gasteiger charge is 2.30. The maximum Gasteiger partial charge on any atom is 0.246 e. The first kappa shape index (κ1) is 26.3. The van der Waals surface area contributed by atoms with Crippen molar-refractivity contribution in [2.24, 2.45) is 11.8 Å². The lowest BCUT2D eigenvalue weighted by Crippen LogP contribution is -2.44. The molecule has 1 atom stereocenters. The molecule has 0 saturated carbocycles. The first-order chi connectivity index (χ1) is 17.4. The first-order valence-electron chi connectivity index (χ1n) is 12.9. The minimum Gasteiger partial charge on any atom is -0.497 e. The van der Waals surface area contributed by atoms with Crippen LogP contribution in [-0.4, -0.2) is 67.3 Å². The standard InChI is InChI=1S/C29H36F2N2O3/c1-36-28-5-3-22(4-6-28)23-8-12-32(13-9-23)19-25(20-34)24-10-14-33(15-11-24)29(35)7-2-21-16-26(30)18-27(31)17-21/h2-7,16-18,23-25,34H,8-15,19-20H2,1H3/b7-2+. The summed E-state index contributed by atoms with van der Waals surface area (Å²) in [6.07, 6.45) is 6.75. The Morgan fingerprint density at radius 2 is 1.67 bits per heavy atom. The quantitative estimate of drug-likeness (QED) is 0.536. The van der Waals surface area contributed by atoms with Crippen molar-refractivity contribution in [3.63, 3.8) is 0 Å². The number of carbonyl (C=O) groups excluding carboxylic acids is 1. The Bertz CT molecular complexity index is 1010. The number of benzene rings is 2. The highest BCUT2D eigenvalue weighted by Crippen LogP contribution is 2.31. The molecule has 1 N–H and O–H groups in total. The van der Waals surface area contributed by atoms with Gasteiger partial charge in [0.05, 0.1) is 7.11 Å². The van der Waals surface area contributed by atoms with Gasteiger partial charge in [0.1, 0.15) is 17.4 Å². The summed E-state index contributed by atoms with van der Waals surface area (Å²) in [6.45, 7) is 4.34. The smallest absolute Gasteiger partial charge is 0.246 e. The number of likely N-dealkylation sites (tertiary alicyclic amines) is 2. The Kier molecular flexibility index (Phi) is 9.10. The Labute approximate surface area is 212 Å². The number of hydrogen-bond acceptors (Lipinski definition) is 4. The van der Waals surface area contributed by atoms with Gasteiger partial charge in [-0.05, 0) is 98.0 Å². The number of rotatable bonds is 8. The van der Waals surface area contributed by atoms with Crippen LogP contribution in [0.3, 0.4) is 0 Å². The molecule has 2 saturated heterocycles. The van der Waals surface area contributed by atoms with E-state index in [0.29, 0.717) is 30.5 Å². The number of piperidine rings is 2. The highest BCUT2D eigenvalue weighted by molar-refractivity contribution is 5.91. The molecule has 4 rings (SSSR count). The molecule has 1 unspecified atom stereocenters. The predicted octanol–water partition coefficient (Wildman–Crippen LogP) is 4.71. The number of halogens is 2. The molecule has 194 valence electrons. The van der Waals surface area contributed by atoms with E-state index in [9.17, 15) is 18.7 Å². The van der Waals surface area contributed by atoms with Gasteiger partial charge < -0.3 is 19.6 Å². The summed E-state index contributed by atoms with van der Waals surface area (Å²) in [5.74, 6) is 0.536. The van der Waals surface area contributed by atoms with E-state index in [-0.39, 0.29) is 18.4 Å². The zero-order valence-electron chi connectivity index (χ0n) is 20.9. The summed E-state index contributed by atoms with van der Waals surface area (Å²) in [7, 11) is 1.68. The van der Waals surface area contributed by atoms with Gasteiger partial charge >= 0.3 is 0 Å². The summed E-state index contributed by atoms with van der Waals surface area (Å²) in [5, 5.41) is 10.1. The van der Waals surface area contributed by atoms with Gasteiger partial charge in [0.25, 0.3) is 0 Å². The summed E-state index contributed by atoms with van der Waals surface area (Å²) in [5.41, 5.74) is 1.69. The third-order valence-electron chi connectivity index (χ3n) is 7.72. The van der Waals surface area contributed by atoms with Gasteiger partial charge in [-0.2, -0.15) is 0 Å². The molecule has 2 aromatic carbocycles. The van der Waals surface area contributed by atoms with Crippen molar-refractivity contribution in [2.75, 3.05) is 46.4 Å². The minimum atomic E-state index is -0.664. The molecule has 0 radical (unpaired) electrons. The van der Waals surface area contributed by atoms with E-state index in [1.54, 1.807) is 12.0 Å². The Morgan fingerprint density at radius 3 is 2.25 bits per heavy atom. The van der Waals surface area contributed by atoms with Gasteiger partial charge in [0.2, 0.25) is 5.91 Å². The van der Waals surface area contributed by atoms with Crippen molar-refractivity contribution in [1.82, 2.24) is 9.80 Å². The predicted molar refractivity (Wildman–Crippen MR) is 137 cm³/mol. The zero-order valence-corrected chi connectivity index (χ0v) is 20.9. The molecule has 5 nitrogen and oxygen atoms in total. The number of amides is 1. The van der Waals surface area contributed by atoms with Crippen LogP contribution in [0.1, 0.15) is 42.7 Å². The second-order valence-corrected chi connectivity index (χ2v) is 9.99. The van der Waals surface area contributed by atoms with E-state index in [2.05, 4.69) is 17.0 Å². The SMILES string of the molecule is COc1ccc(C2CCN(CC(CO)C3CCN(C(=O)/C=C/c4cc(F)cc(F)c4)CC3)CC2)cc1. The van der Waals surface area contributed by atoms with Crippen molar-refractivity contribution in [3.8, 4) is 5.75 Å². The summed E-state index contributed by atoms with van der Waals surface area (Å²) < 4.78 is 32.0. The number of methoxy groups -OCH3 is 1. The normalized spacial score (nSPS) is 19.1. The fourth-order valence-corrected chi connectivity index (χ4v) is 5.55. The number of aliphatic hydroxyl groups excluding tert-OH is 1. The molecule has 2 aliphatic rings. The van der Waals surface area contributed by atoms with E-state index in [1.807, 2.05) is 12.1 Å². The van der Waals surface area contributed by atoms with Crippen LogP contribution in [0.5, 0.6) is 5.75 Å². The van der Waals surface area contributed by atoms with Crippen LogP contribution in [0.25, 0.3) is 6.08 Å². The molecule has 2 fully saturated rings. The molecule has 36 heavy (non-hydrogen) atoms. The molecule has 0 aromatic heterocycles. The van der Waals surface area contributed by atoms with Crippen LogP contribution >= 0.6 is 0 Å². The average Bonchev–Trinajstić information content (AvgIpc) is 2.90. The summed E-state index contributed by atoms with van der Waals surface area (Å²) >= 11 is 0. The largest absolute Gasteiger partial charge is 0.497 e. The van der Waals surface area contributed by atoms with Gasteiger partial charge in [-0.15, -0.1) is 0 Å². The van der Waals surface area contributed by atoms with E-state index < -0.39 is 11.6 Å². The van der Waals surface area contributed by atoms with Gasteiger partial charge in [-0.1, -0.05) is 12.1 Å². The zero-order chi connectivity index (χ0) is 25.5. The maximum absolute atomic E-state index is 13.4. The van der Waals surface area contributed by atoms with Crippen LogP contribution in [0.2, 0.25) is 0 Å². The van der Waals surface area contributed by atoms with Crippen molar-refractivity contribution < 1.29 is 23.4 Å². The van der Waals surface area contributed by atoms with E-state index in [4.69, 9.17) is 4.74 Å². The second kappa shape index (κ2) is 12.5. The molecule has 0 aliphatic carbocycles. The van der Waals surface area contributed by atoms with Crippen LogP contribution < -0.4 is 4.74 Å². The number of nitrogens with zero attached hydrogens (tertiary/aromatic N) is 2. The molecule has 2 aromatic rings. The van der Waals surface area contributed by atoms with Crippen LogP contribution in [0.15, 0.2) is 48.5 Å². The number of aliphatic hydroxyl groups is 1. The number of carbonyl (C=O) groups is 1. The van der Waals surface area contributed by atoms with Gasteiger partial charge in [-0.25, -0.2) is 8.78 Å². The molecule has 0 spiro atoms. The molecule has 1 amide bonds. The number of hydrogen-bond donors (Lipinski definition) is 1. The molecule has 0 bridgehead atoms. The minimum absolute atomic E-state index is 0.153. The topological polar surface area (TPSA) is 53.0 Å². The third-order valence-corrected chi connectivity index (χ3v) is 7.72. The van der Waals surface area contributed by atoms with Gasteiger partial charge in [0.15, 0.2) is 0 Å². The molecule has 2 aliphatic heterocycles. The second-order valence-electron chi connectivity index (χ2n) is 9.99. The molecular formula is C29H36F2N2O3. The maximum atomic E-state index is 13.4. The summed E-state index contributed by atoms with van der Waals surface area (Å²) in [6, 6.07) is 11.6. The fraction of sp³-hybridized carbons (Fsp3) is 0.483. The molecule has 2 heterocycles. The monoisotopic (exact) mass is 498 g/mol. The lowest BCUT2D eigenvalue weighted by atomic mass is 9.83. The fourth-order valence-electron chi connectivity index (χ4n) is 5.55. The van der Waals surface area contributed by atoms with Crippen LogP contribution in [0.4, 0.5) is 8.78 Å². The van der Waals surface area contributed by atoms with Crippen LogP contribution in [0, 0.1) is 23.5 Å². The molecule has 7 heteroatoms. The van der Waals surface area contributed by atoms with Crippen molar-refractivity contribution >= 4 is 12.0 Å². The number of ether oxygens (including phenoxy) is 1. The van der Waals surface area contributed by atoms with Crippen molar-refractivity contribution in [1.29, 1.82) is 0 Å². The van der Waals surface area contributed by atoms with Crippen molar-refractivity contribution in [2.45, 2.75) is 31.6 Å².